The lowest BCUT2D eigenvalue weighted by Gasteiger charge is -2.36. The van der Waals surface area contributed by atoms with Crippen molar-refractivity contribution in [2.75, 3.05) is 53.4 Å². The average Bonchev–Trinajstić information content (AvgIpc) is 3.33. The van der Waals surface area contributed by atoms with Gasteiger partial charge in [-0.1, -0.05) is 18.2 Å². The number of phenolic OH excluding ortho intramolecular Hbond substituents is 1. The number of hydrogen-bond donors (Lipinski definition) is 2. The smallest absolute Gasteiger partial charge is 0.303 e. The van der Waals surface area contributed by atoms with E-state index >= 15 is 0 Å². The molecule has 10 nitrogen and oxygen atoms in total. The van der Waals surface area contributed by atoms with Crippen LogP contribution in [0.4, 0.5) is 0 Å². The van der Waals surface area contributed by atoms with Gasteiger partial charge in [0.15, 0.2) is 0 Å². The van der Waals surface area contributed by atoms with Gasteiger partial charge in [0.2, 0.25) is 5.91 Å². The molecule has 11 heteroatoms. The minimum atomic E-state index is -3.82. The van der Waals surface area contributed by atoms with E-state index in [0.717, 1.165) is 54.8 Å². The van der Waals surface area contributed by atoms with Crippen LogP contribution >= 0.6 is 0 Å². The Kier molecular flexibility index (Phi) is 7.08. The number of nitrogens with one attached hydrogen (secondary N) is 1. The Morgan fingerprint density at radius 3 is 2.61 bits per heavy atom. The molecule has 1 unspecified atom stereocenters. The van der Waals surface area contributed by atoms with Gasteiger partial charge in [0.1, 0.15) is 18.1 Å². The molecule has 2 N–H and O–H groups in total. The van der Waals surface area contributed by atoms with Crippen LogP contribution in [-0.4, -0.2) is 96.3 Å². The van der Waals surface area contributed by atoms with Crippen molar-refractivity contribution in [3.05, 3.63) is 65.5 Å². The summed E-state index contributed by atoms with van der Waals surface area (Å²) in [6, 6.07) is 10.3. The molecule has 0 bridgehead atoms. The fourth-order valence-electron chi connectivity index (χ4n) is 5.08. The molecule has 0 saturated carbocycles. The molecule has 1 amide bonds. The predicted molar refractivity (Wildman–Crippen MR) is 146 cm³/mol. The first-order valence-corrected chi connectivity index (χ1v) is 14.0. The van der Waals surface area contributed by atoms with Crippen molar-refractivity contribution in [1.29, 1.82) is 0 Å². The van der Waals surface area contributed by atoms with E-state index in [2.05, 4.69) is 9.88 Å². The molecule has 0 radical (unpaired) electrons. The topological polar surface area (TPSA) is 109 Å². The third kappa shape index (κ3) is 4.84. The Morgan fingerprint density at radius 2 is 1.89 bits per heavy atom. The Hall–Kier alpha value is -3.54. The highest BCUT2D eigenvalue weighted by molar-refractivity contribution is 7.86. The number of rotatable bonds is 7. The molecule has 1 fully saturated rings. The van der Waals surface area contributed by atoms with E-state index in [-0.39, 0.29) is 11.7 Å². The number of ether oxygens (including phenoxy) is 1. The van der Waals surface area contributed by atoms with Crippen molar-refractivity contribution in [3.8, 4) is 11.5 Å². The summed E-state index contributed by atoms with van der Waals surface area (Å²) in [5.74, 6) is 0.856. The monoisotopic (exact) mass is 539 g/mol. The van der Waals surface area contributed by atoms with Crippen LogP contribution in [0.25, 0.3) is 17.0 Å². The molecule has 5 rings (SSSR count). The molecular formula is C27H33N5O5S. The molecule has 2 aromatic carbocycles. The SMILES string of the molecule is CC(=O)N1CCN(CCOc2ccc3c(c2)C(c2c[nH]c4c(O)cccc24)N(S(=O)(=O)N(C)C)C=C3)CC1. The third-order valence-electron chi connectivity index (χ3n) is 7.25. The van der Waals surface area contributed by atoms with Gasteiger partial charge in [-0.2, -0.15) is 12.7 Å². The molecule has 202 valence electrons. The zero-order valence-electron chi connectivity index (χ0n) is 21.8. The second-order valence-corrected chi connectivity index (χ2v) is 11.8. The van der Waals surface area contributed by atoms with Gasteiger partial charge in [0, 0.05) is 77.1 Å². The second-order valence-electron chi connectivity index (χ2n) is 9.77. The highest BCUT2D eigenvalue weighted by Gasteiger charge is 2.36. The first-order chi connectivity index (χ1) is 18.2. The number of piperazine rings is 1. The summed E-state index contributed by atoms with van der Waals surface area (Å²) >= 11 is 0. The molecule has 1 aromatic heterocycles. The van der Waals surface area contributed by atoms with E-state index in [1.807, 2.05) is 29.2 Å². The van der Waals surface area contributed by atoms with Gasteiger partial charge < -0.3 is 19.7 Å². The molecule has 0 aliphatic carbocycles. The van der Waals surface area contributed by atoms with Crippen molar-refractivity contribution in [1.82, 2.24) is 23.4 Å². The number of benzene rings is 2. The maximum Gasteiger partial charge on any atom is 0.303 e. The normalized spacial score (nSPS) is 18.3. The third-order valence-corrected chi connectivity index (χ3v) is 9.04. The summed E-state index contributed by atoms with van der Waals surface area (Å²) in [6.07, 6.45) is 5.13. The number of phenols is 1. The Labute approximate surface area is 222 Å². The molecular weight excluding hydrogens is 506 g/mol. The number of aromatic hydroxyl groups is 1. The van der Waals surface area contributed by atoms with Crippen molar-refractivity contribution in [2.45, 2.75) is 13.0 Å². The van der Waals surface area contributed by atoms with Gasteiger partial charge in [-0.05, 0) is 35.4 Å². The van der Waals surface area contributed by atoms with E-state index in [1.54, 1.807) is 37.5 Å². The van der Waals surface area contributed by atoms with Gasteiger partial charge in [-0.15, -0.1) is 0 Å². The quantitative estimate of drug-likeness (QED) is 0.478. The van der Waals surface area contributed by atoms with E-state index in [9.17, 15) is 18.3 Å². The number of para-hydroxylation sites is 1. The number of hydrogen-bond acceptors (Lipinski definition) is 6. The number of aromatic amines is 1. The predicted octanol–water partition coefficient (Wildman–Crippen LogP) is 2.60. The van der Waals surface area contributed by atoms with E-state index in [0.29, 0.717) is 17.9 Å². The zero-order chi connectivity index (χ0) is 27.0. The fourth-order valence-corrected chi connectivity index (χ4v) is 6.16. The van der Waals surface area contributed by atoms with Crippen molar-refractivity contribution in [2.24, 2.45) is 0 Å². The summed E-state index contributed by atoms with van der Waals surface area (Å²) < 4.78 is 35.4. The number of carbonyl (C=O) groups excluding carboxylic acids is 1. The van der Waals surface area contributed by atoms with Crippen LogP contribution < -0.4 is 4.74 Å². The van der Waals surface area contributed by atoms with E-state index in [4.69, 9.17) is 4.74 Å². The minimum Gasteiger partial charge on any atom is -0.506 e. The van der Waals surface area contributed by atoms with Crippen LogP contribution in [0.2, 0.25) is 0 Å². The number of H-pyrrole nitrogens is 1. The van der Waals surface area contributed by atoms with Crippen LogP contribution in [0, 0.1) is 0 Å². The standard InChI is InChI=1S/C27H33N5O5S/c1-19(33)31-13-11-30(12-14-31)15-16-37-21-8-7-20-9-10-32(38(35,36)29(2)3)27(23(20)17-21)24-18-28-26-22(24)5-4-6-25(26)34/h4-10,17-18,27-28,34H,11-16H2,1-3H3. The lowest BCUT2D eigenvalue weighted by Crippen LogP contribution is -2.48. The number of amides is 1. The van der Waals surface area contributed by atoms with Gasteiger partial charge in [-0.3, -0.25) is 14.0 Å². The Balaban J connectivity index is 1.43. The zero-order valence-corrected chi connectivity index (χ0v) is 22.6. The molecule has 3 heterocycles. The lowest BCUT2D eigenvalue weighted by atomic mass is 9.92. The number of aromatic nitrogens is 1. The molecule has 2 aliphatic rings. The summed E-state index contributed by atoms with van der Waals surface area (Å²) in [5.41, 5.74) is 2.96. The van der Waals surface area contributed by atoms with Crippen LogP contribution in [-0.2, 0) is 15.0 Å². The van der Waals surface area contributed by atoms with Crippen molar-refractivity contribution >= 4 is 33.1 Å². The summed E-state index contributed by atoms with van der Waals surface area (Å²) in [6.45, 7) is 5.86. The Bertz CT molecular complexity index is 1470. The van der Waals surface area contributed by atoms with Crippen LogP contribution in [0.5, 0.6) is 11.5 Å². The van der Waals surface area contributed by atoms with Gasteiger partial charge in [-0.25, -0.2) is 0 Å². The maximum absolute atomic E-state index is 13.4. The molecule has 1 saturated heterocycles. The van der Waals surface area contributed by atoms with Gasteiger partial charge in [0.25, 0.3) is 0 Å². The fraction of sp³-hybridized carbons (Fsp3) is 0.370. The molecule has 2 aliphatic heterocycles. The van der Waals surface area contributed by atoms with Crippen molar-refractivity contribution < 1.29 is 23.1 Å². The highest BCUT2D eigenvalue weighted by atomic mass is 32.2. The average molecular weight is 540 g/mol. The second kappa shape index (κ2) is 10.3. The molecule has 0 spiro atoms. The van der Waals surface area contributed by atoms with E-state index in [1.165, 1.54) is 22.7 Å². The van der Waals surface area contributed by atoms with Crippen molar-refractivity contribution in [3.63, 3.8) is 0 Å². The summed E-state index contributed by atoms with van der Waals surface area (Å²) in [5, 5.41) is 11.1. The molecule has 38 heavy (non-hydrogen) atoms. The largest absolute Gasteiger partial charge is 0.506 e. The van der Waals surface area contributed by atoms with Gasteiger partial charge in [0.05, 0.1) is 11.6 Å². The Morgan fingerprint density at radius 1 is 1.13 bits per heavy atom. The molecule has 3 aromatic rings. The van der Waals surface area contributed by atoms with Crippen LogP contribution in [0.3, 0.4) is 0 Å². The van der Waals surface area contributed by atoms with Crippen LogP contribution in [0.15, 0.2) is 48.8 Å². The summed E-state index contributed by atoms with van der Waals surface area (Å²) in [4.78, 5) is 18.8. The number of carbonyl (C=O) groups is 1. The van der Waals surface area contributed by atoms with Gasteiger partial charge >= 0.3 is 10.2 Å². The first kappa shape index (κ1) is 26.1. The number of nitrogens with zero attached hydrogens (tertiary/aromatic N) is 4. The first-order valence-electron chi connectivity index (χ1n) is 12.6. The maximum atomic E-state index is 13.4. The van der Waals surface area contributed by atoms with E-state index < -0.39 is 16.3 Å². The highest BCUT2D eigenvalue weighted by Crippen LogP contribution is 2.42. The van der Waals surface area contributed by atoms with Crippen LogP contribution in [0.1, 0.15) is 29.7 Å². The molecule has 1 atom stereocenters. The number of fused-ring (bicyclic) bond motifs is 2. The summed E-state index contributed by atoms with van der Waals surface area (Å²) in [7, 11) is -0.811. The minimum absolute atomic E-state index is 0.101. The lowest BCUT2D eigenvalue weighted by molar-refractivity contribution is -0.130.